The first-order chi connectivity index (χ1) is 15.6. The molecule has 1 aromatic heterocycles. The lowest BCUT2D eigenvalue weighted by molar-refractivity contribution is 0.0929. The first kappa shape index (κ1) is 21.6. The molecule has 0 radical (unpaired) electrons. The summed E-state index contributed by atoms with van der Waals surface area (Å²) in [5.74, 6) is 0.914. The highest BCUT2D eigenvalue weighted by molar-refractivity contribution is 9.10. The Hall–Kier alpha value is -3.58. The maximum atomic E-state index is 12.6. The van der Waals surface area contributed by atoms with Gasteiger partial charge in [-0.1, -0.05) is 43.0 Å². The fourth-order valence-corrected chi connectivity index (χ4v) is 3.91. The van der Waals surface area contributed by atoms with Gasteiger partial charge in [0.25, 0.3) is 0 Å². The van der Waals surface area contributed by atoms with Crippen LogP contribution in [0.15, 0.2) is 81.2 Å². The smallest absolute Gasteiger partial charge is 0.307 e. The van der Waals surface area contributed by atoms with Crippen LogP contribution in [0, 0.1) is 0 Å². The molecular weight excluding hydrogens is 472 g/mol. The van der Waals surface area contributed by atoms with Gasteiger partial charge in [-0.05, 0) is 63.5 Å². The molecule has 0 atom stereocenters. The second-order valence-corrected chi connectivity index (χ2v) is 7.73. The van der Waals surface area contributed by atoms with Gasteiger partial charge in [-0.15, -0.1) is 0 Å². The second-order valence-electron chi connectivity index (χ2n) is 6.87. The summed E-state index contributed by atoms with van der Waals surface area (Å²) < 4.78 is 17.8. The number of ether oxygens (including phenoxy) is 2. The molecule has 0 saturated heterocycles. The molecule has 0 unspecified atom stereocenters. The summed E-state index contributed by atoms with van der Waals surface area (Å²) in [7, 11) is 0. The van der Waals surface area contributed by atoms with E-state index in [1.807, 2.05) is 49.4 Å². The Labute approximate surface area is 193 Å². The third kappa shape index (κ3) is 4.53. The lowest BCUT2D eigenvalue weighted by Crippen LogP contribution is -2.16. The zero-order valence-corrected chi connectivity index (χ0v) is 19.0. The van der Waals surface area contributed by atoms with Crippen LogP contribution >= 0.6 is 15.9 Å². The molecule has 1 amide bonds. The number of halogens is 1. The standard InChI is InChI=1S/C25H21BrN2O4/c1-3-11-31-24-20(26)12-16(13-22(24)30-4-2)15-27-28-25(29)23-14-19-18-8-6-5-7-17(18)9-10-21(19)32-23/h3,5-10,12-15H,1,4,11H2,2H3,(H,28,29)/b27-15-. The van der Waals surface area contributed by atoms with Crippen molar-refractivity contribution in [1.82, 2.24) is 5.43 Å². The molecule has 0 bridgehead atoms. The highest BCUT2D eigenvalue weighted by Gasteiger charge is 2.14. The largest absolute Gasteiger partial charge is 0.490 e. The summed E-state index contributed by atoms with van der Waals surface area (Å²) in [4.78, 5) is 12.6. The maximum absolute atomic E-state index is 12.6. The van der Waals surface area contributed by atoms with Crippen LogP contribution < -0.4 is 14.9 Å². The predicted octanol–water partition coefficient (Wildman–Crippen LogP) is 6.08. The van der Waals surface area contributed by atoms with E-state index in [-0.39, 0.29) is 5.76 Å². The van der Waals surface area contributed by atoms with Gasteiger partial charge in [0.15, 0.2) is 17.3 Å². The molecule has 6 nitrogen and oxygen atoms in total. The Morgan fingerprint density at radius 3 is 2.81 bits per heavy atom. The van der Waals surface area contributed by atoms with E-state index in [0.29, 0.717) is 34.8 Å². The molecule has 4 aromatic rings. The van der Waals surface area contributed by atoms with Crippen molar-refractivity contribution in [2.45, 2.75) is 6.92 Å². The van der Waals surface area contributed by atoms with Gasteiger partial charge in [-0.3, -0.25) is 4.79 Å². The number of fused-ring (bicyclic) bond motifs is 3. The molecule has 0 aliphatic rings. The minimum absolute atomic E-state index is 0.192. The summed E-state index contributed by atoms with van der Waals surface area (Å²) >= 11 is 3.49. The topological polar surface area (TPSA) is 73.1 Å². The molecular formula is C25H21BrN2O4. The van der Waals surface area contributed by atoms with Crippen LogP contribution in [0.2, 0.25) is 0 Å². The number of amides is 1. The fraction of sp³-hybridized carbons (Fsp3) is 0.120. The van der Waals surface area contributed by atoms with E-state index in [0.717, 1.165) is 21.7 Å². The number of carbonyl (C=O) groups excluding carboxylic acids is 1. The van der Waals surface area contributed by atoms with E-state index in [9.17, 15) is 4.79 Å². The van der Waals surface area contributed by atoms with Crippen molar-refractivity contribution in [3.63, 3.8) is 0 Å². The van der Waals surface area contributed by atoms with Gasteiger partial charge in [0.2, 0.25) is 0 Å². The van der Waals surface area contributed by atoms with Crippen LogP contribution in [0.4, 0.5) is 0 Å². The molecule has 7 heteroatoms. The molecule has 32 heavy (non-hydrogen) atoms. The summed E-state index contributed by atoms with van der Waals surface area (Å²) in [6.45, 7) is 6.39. The van der Waals surface area contributed by atoms with Gasteiger partial charge in [0, 0.05) is 5.39 Å². The number of nitrogens with one attached hydrogen (secondary N) is 1. The summed E-state index contributed by atoms with van der Waals surface area (Å²) in [5, 5.41) is 7.07. The molecule has 1 heterocycles. The monoisotopic (exact) mass is 492 g/mol. The number of carbonyl (C=O) groups is 1. The molecule has 3 aromatic carbocycles. The van der Waals surface area contributed by atoms with E-state index in [1.165, 1.54) is 6.21 Å². The number of hydrogen-bond acceptors (Lipinski definition) is 5. The zero-order chi connectivity index (χ0) is 22.5. The molecule has 0 saturated carbocycles. The quantitative estimate of drug-likeness (QED) is 0.184. The van der Waals surface area contributed by atoms with E-state index >= 15 is 0 Å². The minimum Gasteiger partial charge on any atom is -0.490 e. The highest BCUT2D eigenvalue weighted by Crippen LogP contribution is 2.36. The van der Waals surface area contributed by atoms with Gasteiger partial charge >= 0.3 is 5.91 Å². The Kier molecular flexibility index (Phi) is 6.56. The number of hydrogen-bond donors (Lipinski definition) is 1. The van der Waals surface area contributed by atoms with Crippen LogP contribution in [-0.2, 0) is 0 Å². The van der Waals surface area contributed by atoms with Crippen molar-refractivity contribution in [2.75, 3.05) is 13.2 Å². The number of furan rings is 1. The number of benzene rings is 3. The Morgan fingerprint density at radius 2 is 2.00 bits per heavy atom. The average molecular weight is 493 g/mol. The van der Waals surface area contributed by atoms with Gasteiger partial charge in [-0.2, -0.15) is 5.10 Å². The molecule has 162 valence electrons. The molecule has 0 spiro atoms. The summed E-state index contributed by atoms with van der Waals surface area (Å²) in [5.41, 5.74) is 3.89. The normalized spacial score (nSPS) is 11.2. The third-order valence-electron chi connectivity index (χ3n) is 4.71. The van der Waals surface area contributed by atoms with Gasteiger partial charge in [0.05, 0.1) is 17.3 Å². The van der Waals surface area contributed by atoms with E-state index < -0.39 is 5.91 Å². The molecule has 0 fully saturated rings. The van der Waals surface area contributed by atoms with Crippen molar-refractivity contribution >= 4 is 49.8 Å². The maximum Gasteiger partial charge on any atom is 0.307 e. The summed E-state index contributed by atoms with van der Waals surface area (Å²) in [6.07, 6.45) is 3.19. The van der Waals surface area contributed by atoms with Crippen LogP contribution in [0.1, 0.15) is 23.0 Å². The zero-order valence-electron chi connectivity index (χ0n) is 17.4. The van der Waals surface area contributed by atoms with Gasteiger partial charge in [-0.25, -0.2) is 5.43 Å². The van der Waals surface area contributed by atoms with Crippen molar-refractivity contribution < 1.29 is 18.7 Å². The minimum atomic E-state index is -0.434. The predicted molar refractivity (Wildman–Crippen MR) is 130 cm³/mol. The third-order valence-corrected chi connectivity index (χ3v) is 5.30. The molecule has 0 aliphatic carbocycles. The number of hydrazone groups is 1. The lowest BCUT2D eigenvalue weighted by Gasteiger charge is -2.13. The number of nitrogens with zero attached hydrogens (tertiary/aromatic N) is 1. The average Bonchev–Trinajstić information content (AvgIpc) is 3.24. The number of rotatable bonds is 8. The van der Waals surface area contributed by atoms with Gasteiger partial charge < -0.3 is 13.9 Å². The SMILES string of the molecule is C=CCOc1c(Br)cc(/C=N\NC(=O)c2cc3c(ccc4ccccc43)o2)cc1OCC. The molecule has 4 rings (SSSR count). The highest BCUT2D eigenvalue weighted by atomic mass is 79.9. The van der Waals surface area contributed by atoms with Crippen molar-refractivity contribution in [3.05, 3.63) is 83.0 Å². The van der Waals surface area contributed by atoms with Crippen molar-refractivity contribution in [1.29, 1.82) is 0 Å². The van der Waals surface area contributed by atoms with Crippen molar-refractivity contribution in [3.8, 4) is 11.5 Å². The van der Waals surface area contributed by atoms with E-state index in [1.54, 1.807) is 18.2 Å². The molecule has 1 N–H and O–H groups in total. The Balaban J connectivity index is 1.53. The van der Waals surface area contributed by atoms with Gasteiger partial charge in [0.1, 0.15) is 12.2 Å². The van der Waals surface area contributed by atoms with Crippen LogP contribution in [0.5, 0.6) is 11.5 Å². The lowest BCUT2D eigenvalue weighted by atomic mass is 10.1. The van der Waals surface area contributed by atoms with Crippen LogP contribution in [0.3, 0.4) is 0 Å². The summed E-state index contributed by atoms with van der Waals surface area (Å²) in [6, 6.07) is 17.1. The van der Waals surface area contributed by atoms with Crippen molar-refractivity contribution in [2.24, 2.45) is 5.10 Å². The molecule has 0 aliphatic heterocycles. The fourth-order valence-electron chi connectivity index (χ4n) is 3.33. The van der Waals surface area contributed by atoms with E-state index in [4.69, 9.17) is 13.9 Å². The van der Waals surface area contributed by atoms with E-state index in [2.05, 4.69) is 33.0 Å². The first-order valence-electron chi connectivity index (χ1n) is 10.1. The Morgan fingerprint density at radius 1 is 1.16 bits per heavy atom. The van der Waals surface area contributed by atoms with Crippen LogP contribution in [-0.4, -0.2) is 25.3 Å². The first-order valence-corrected chi connectivity index (χ1v) is 10.8. The Bertz CT molecular complexity index is 1330. The van der Waals surface area contributed by atoms with Crippen LogP contribution in [0.25, 0.3) is 21.7 Å². The second kappa shape index (κ2) is 9.70.